The van der Waals surface area contributed by atoms with E-state index in [9.17, 15) is 0 Å². The number of nitrogen functional groups attached to an aromatic ring is 1. The summed E-state index contributed by atoms with van der Waals surface area (Å²) in [5.41, 5.74) is 9.18. The largest absolute Gasteiger partial charge is 0.468 e. The lowest BCUT2D eigenvalue weighted by atomic mass is 10.1. The maximum Gasteiger partial charge on any atom is 0.296 e. The van der Waals surface area contributed by atoms with Crippen LogP contribution < -0.4 is 10.5 Å². The standard InChI is InChI=1S/C16H14N6OS/c1-22-12(15-20-11-13(17)18-8-19-14(11)24-15)10(21-16(22)23-2)9-6-4-3-5-7-9/h3-8H,1-2H3,(H2,17,18,19). The number of nitrogens with two attached hydrogens (primary N) is 1. The van der Waals surface area contributed by atoms with Gasteiger partial charge in [-0.05, 0) is 0 Å². The Kier molecular flexibility index (Phi) is 3.39. The van der Waals surface area contributed by atoms with Gasteiger partial charge in [-0.1, -0.05) is 41.7 Å². The second-order valence-corrected chi connectivity index (χ2v) is 6.13. The molecule has 0 bridgehead atoms. The Hall–Kier alpha value is -3.00. The normalized spacial score (nSPS) is 11.1. The van der Waals surface area contributed by atoms with Crippen molar-refractivity contribution < 1.29 is 4.74 Å². The van der Waals surface area contributed by atoms with Crippen LogP contribution in [-0.2, 0) is 7.05 Å². The number of nitrogens with zero attached hydrogens (tertiary/aromatic N) is 5. The molecule has 0 atom stereocenters. The van der Waals surface area contributed by atoms with Crippen LogP contribution in [0.5, 0.6) is 6.01 Å². The van der Waals surface area contributed by atoms with Crippen LogP contribution in [0.3, 0.4) is 0 Å². The van der Waals surface area contributed by atoms with Crippen molar-refractivity contribution >= 4 is 27.5 Å². The molecule has 8 heteroatoms. The van der Waals surface area contributed by atoms with Crippen molar-refractivity contribution in [3.63, 3.8) is 0 Å². The van der Waals surface area contributed by atoms with Gasteiger partial charge >= 0.3 is 0 Å². The number of ether oxygens (including phenoxy) is 1. The van der Waals surface area contributed by atoms with Crippen LogP contribution in [0.4, 0.5) is 5.82 Å². The van der Waals surface area contributed by atoms with Gasteiger partial charge in [-0.2, -0.15) is 4.98 Å². The monoisotopic (exact) mass is 338 g/mol. The summed E-state index contributed by atoms with van der Waals surface area (Å²) < 4.78 is 7.26. The number of fused-ring (bicyclic) bond motifs is 1. The quantitative estimate of drug-likeness (QED) is 0.617. The summed E-state index contributed by atoms with van der Waals surface area (Å²) in [5, 5.41) is 0.773. The first-order chi connectivity index (χ1) is 11.7. The minimum Gasteiger partial charge on any atom is -0.468 e. The molecule has 4 aromatic rings. The number of imidazole rings is 1. The average Bonchev–Trinajstić information content (AvgIpc) is 3.17. The van der Waals surface area contributed by atoms with Crippen LogP contribution in [0.1, 0.15) is 0 Å². The number of methoxy groups -OCH3 is 1. The number of hydrogen-bond acceptors (Lipinski definition) is 7. The van der Waals surface area contributed by atoms with Crippen molar-refractivity contribution in [1.29, 1.82) is 0 Å². The van der Waals surface area contributed by atoms with E-state index in [0.717, 1.165) is 26.8 Å². The van der Waals surface area contributed by atoms with Gasteiger partial charge in [0.15, 0.2) is 5.82 Å². The molecule has 4 rings (SSSR count). The number of aromatic nitrogens is 5. The van der Waals surface area contributed by atoms with E-state index in [1.807, 2.05) is 41.9 Å². The predicted molar refractivity (Wildman–Crippen MR) is 93.8 cm³/mol. The molecule has 0 aliphatic rings. The van der Waals surface area contributed by atoms with Crippen molar-refractivity contribution in [3.05, 3.63) is 36.7 Å². The van der Waals surface area contributed by atoms with Gasteiger partial charge < -0.3 is 10.5 Å². The third-order valence-electron chi connectivity index (χ3n) is 3.71. The van der Waals surface area contributed by atoms with Crippen molar-refractivity contribution in [1.82, 2.24) is 24.5 Å². The Morgan fingerprint density at radius 2 is 1.92 bits per heavy atom. The van der Waals surface area contributed by atoms with Crippen LogP contribution in [-0.4, -0.2) is 31.6 Å². The Bertz CT molecular complexity index is 1020. The first-order valence-corrected chi connectivity index (χ1v) is 8.04. The van der Waals surface area contributed by atoms with Gasteiger partial charge in [-0.15, -0.1) is 0 Å². The van der Waals surface area contributed by atoms with Crippen LogP contribution in [0.25, 0.3) is 32.3 Å². The zero-order valence-corrected chi connectivity index (χ0v) is 13.9. The topological polar surface area (TPSA) is 91.7 Å². The van der Waals surface area contributed by atoms with Gasteiger partial charge in [0.25, 0.3) is 6.01 Å². The number of rotatable bonds is 3. The van der Waals surface area contributed by atoms with Crippen LogP contribution in [0.15, 0.2) is 36.7 Å². The van der Waals surface area contributed by atoms with Gasteiger partial charge in [0.2, 0.25) is 0 Å². The second-order valence-electron chi connectivity index (χ2n) is 5.15. The smallest absolute Gasteiger partial charge is 0.296 e. The van der Waals surface area contributed by atoms with Gasteiger partial charge in [0.05, 0.1) is 7.11 Å². The van der Waals surface area contributed by atoms with Gasteiger partial charge in [-0.3, -0.25) is 4.57 Å². The highest BCUT2D eigenvalue weighted by molar-refractivity contribution is 7.21. The predicted octanol–water partition coefficient (Wildman–Crippen LogP) is 2.74. The van der Waals surface area contributed by atoms with E-state index in [1.54, 1.807) is 7.11 Å². The Labute approximate surface area is 141 Å². The Balaban J connectivity index is 1.99. The maximum absolute atomic E-state index is 5.91. The molecule has 0 spiro atoms. The lowest BCUT2D eigenvalue weighted by molar-refractivity contribution is 0.367. The fourth-order valence-electron chi connectivity index (χ4n) is 2.58. The molecule has 1 aromatic carbocycles. The molecule has 0 radical (unpaired) electrons. The van der Waals surface area contributed by atoms with E-state index >= 15 is 0 Å². The average molecular weight is 338 g/mol. The molecule has 0 aliphatic heterocycles. The zero-order valence-electron chi connectivity index (χ0n) is 13.1. The van der Waals surface area contributed by atoms with E-state index in [-0.39, 0.29) is 0 Å². The van der Waals surface area contributed by atoms with Crippen molar-refractivity contribution in [2.45, 2.75) is 0 Å². The number of thiazole rings is 1. The Morgan fingerprint density at radius 1 is 1.12 bits per heavy atom. The third-order valence-corrected chi connectivity index (χ3v) is 4.68. The highest BCUT2D eigenvalue weighted by atomic mass is 32.1. The maximum atomic E-state index is 5.91. The van der Waals surface area contributed by atoms with Crippen LogP contribution in [0.2, 0.25) is 0 Å². The fourth-order valence-corrected chi connectivity index (χ4v) is 3.57. The number of hydrogen-bond donors (Lipinski definition) is 1. The van der Waals surface area contributed by atoms with Crippen LogP contribution >= 0.6 is 11.3 Å². The highest BCUT2D eigenvalue weighted by Crippen LogP contribution is 2.38. The molecule has 120 valence electrons. The van der Waals surface area contributed by atoms with Crippen LogP contribution in [0, 0.1) is 0 Å². The molecule has 0 saturated heterocycles. The fraction of sp³-hybridized carbons (Fsp3) is 0.125. The summed E-state index contributed by atoms with van der Waals surface area (Å²) in [4.78, 5) is 18.2. The lowest BCUT2D eigenvalue weighted by Crippen LogP contribution is -1.96. The number of anilines is 1. The Morgan fingerprint density at radius 3 is 2.62 bits per heavy atom. The van der Waals surface area contributed by atoms with Gasteiger partial charge in [0, 0.05) is 12.6 Å². The van der Waals surface area contributed by atoms with E-state index < -0.39 is 0 Å². The van der Waals surface area contributed by atoms with Crippen molar-refractivity contribution in [2.75, 3.05) is 12.8 Å². The van der Waals surface area contributed by atoms with E-state index in [0.29, 0.717) is 17.3 Å². The molecule has 24 heavy (non-hydrogen) atoms. The minimum atomic E-state index is 0.373. The first-order valence-electron chi connectivity index (χ1n) is 7.22. The number of benzene rings is 1. The van der Waals surface area contributed by atoms with Crippen molar-refractivity contribution in [2.24, 2.45) is 7.05 Å². The van der Waals surface area contributed by atoms with Gasteiger partial charge in [0.1, 0.15) is 33.1 Å². The minimum absolute atomic E-state index is 0.373. The SMILES string of the molecule is COc1nc(-c2ccccc2)c(-c2nc3c(N)ncnc3s2)n1C. The lowest BCUT2D eigenvalue weighted by Gasteiger charge is -2.03. The zero-order chi connectivity index (χ0) is 16.7. The molecular weight excluding hydrogens is 324 g/mol. The third kappa shape index (κ3) is 2.19. The molecular formula is C16H14N6OS. The first kappa shape index (κ1) is 14.6. The van der Waals surface area contributed by atoms with Crippen molar-refractivity contribution in [3.8, 4) is 28.0 Å². The molecule has 2 N–H and O–H groups in total. The second kappa shape index (κ2) is 5.57. The molecule has 0 aliphatic carbocycles. The molecule has 3 aromatic heterocycles. The summed E-state index contributed by atoms with van der Waals surface area (Å²) in [5.74, 6) is 0.373. The molecule has 7 nitrogen and oxygen atoms in total. The molecule has 0 saturated carbocycles. The molecule has 0 amide bonds. The van der Waals surface area contributed by atoms with E-state index in [2.05, 4.69) is 19.9 Å². The molecule has 0 unspecified atom stereocenters. The summed E-state index contributed by atoms with van der Waals surface area (Å²) in [7, 11) is 3.50. The summed E-state index contributed by atoms with van der Waals surface area (Å²) in [6.07, 6.45) is 1.45. The summed E-state index contributed by atoms with van der Waals surface area (Å²) in [6.45, 7) is 0. The summed E-state index contributed by atoms with van der Waals surface area (Å²) in [6, 6.07) is 10.4. The van der Waals surface area contributed by atoms with Gasteiger partial charge in [-0.25, -0.2) is 15.0 Å². The van der Waals surface area contributed by atoms with E-state index in [4.69, 9.17) is 10.5 Å². The summed E-state index contributed by atoms with van der Waals surface area (Å²) >= 11 is 1.45. The van der Waals surface area contributed by atoms with E-state index in [1.165, 1.54) is 17.7 Å². The molecule has 3 heterocycles. The molecule has 0 fully saturated rings. The highest BCUT2D eigenvalue weighted by Gasteiger charge is 2.22.